The number of benzene rings is 1. The van der Waals surface area contributed by atoms with Gasteiger partial charge in [-0.05, 0) is 24.3 Å². The van der Waals surface area contributed by atoms with Crippen LogP contribution in [-0.4, -0.2) is 15.7 Å². The molecule has 0 atom stereocenters. The Balaban J connectivity index is 3.08. The first-order valence-corrected chi connectivity index (χ1v) is 4.98. The molecule has 0 saturated heterocycles. The normalized spacial score (nSPS) is 11.2. The number of nitrogens with two attached hydrogens (primary N) is 1. The van der Waals surface area contributed by atoms with E-state index in [-0.39, 0.29) is 10.9 Å². The van der Waals surface area contributed by atoms with Gasteiger partial charge in [-0.25, -0.2) is 0 Å². The molecule has 0 aliphatic heterocycles. The molecule has 0 aromatic heterocycles. The second kappa shape index (κ2) is 3.30. The van der Waals surface area contributed by atoms with Gasteiger partial charge in [0.1, 0.15) is 0 Å². The van der Waals surface area contributed by atoms with Crippen molar-refractivity contribution in [2.75, 3.05) is 0 Å². The van der Waals surface area contributed by atoms with E-state index in [4.69, 9.17) is 15.5 Å². The van der Waals surface area contributed by atoms with Crippen LogP contribution in [0.25, 0.3) is 0 Å². The van der Waals surface area contributed by atoms with Gasteiger partial charge in [0.2, 0.25) is 5.91 Å². The van der Waals surface area contributed by atoms with Crippen LogP contribution in [0.4, 0.5) is 0 Å². The van der Waals surface area contributed by atoms with Crippen molar-refractivity contribution in [2.24, 2.45) is 5.73 Å². The third kappa shape index (κ3) is 2.39. The molecule has 4 N–H and O–H groups in total. The highest BCUT2D eigenvalue weighted by atomic mass is 31.2. The number of carbonyl (C=O) groups excluding carboxylic acids is 1. The quantitative estimate of drug-likeness (QED) is 0.566. The second-order valence-electron chi connectivity index (χ2n) is 2.46. The lowest BCUT2D eigenvalue weighted by atomic mass is 10.2. The molecule has 1 aromatic rings. The van der Waals surface area contributed by atoms with Crippen LogP contribution in [0.3, 0.4) is 0 Å². The number of hydrogen-bond acceptors (Lipinski definition) is 2. The van der Waals surface area contributed by atoms with Crippen molar-refractivity contribution in [1.82, 2.24) is 0 Å². The molecule has 1 amide bonds. The monoisotopic (exact) mass is 201 g/mol. The molecule has 0 spiro atoms. The molecule has 6 heteroatoms. The first-order chi connectivity index (χ1) is 5.91. The third-order valence-corrected chi connectivity index (χ3v) is 2.46. The van der Waals surface area contributed by atoms with Crippen molar-refractivity contribution in [2.45, 2.75) is 0 Å². The van der Waals surface area contributed by atoms with E-state index in [9.17, 15) is 9.36 Å². The van der Waals surface area contributed by atoms with Crippen LogP contribution in [0.15, 0.2) is 24.3 Å². The highest BCUT2D eigenvalue weighted by molar-refractivity contribution is 7.60. The van der Waals surface area contributed by atoms with E-state index >= 15 is 0 Å². The number of hydrogen-bond donors (Lipinski definition) is 3. The van der Waals surface area contributed by atoms with Gasteiger partial charge in [-0.2, -0.15) is 0 Å². The van der Waals surface area contributed by atoms with E-state index < -0.39 is 13.5 Å². The molecule has 1 aromatic carbocycles. The summed E-state index contributed by atoms with van der Waals surface area (Å²) in [7, 11) is -4.22. The van der Waals surface area contributed by atoms with Gasteiger partial charge in [0.15, 0.2) is 0 Å². The van der Waals surface area contributed by atoms with Gasteiger partial charge in [0, 0.05) is 5.56 Å². The fourth-order valence-corrected chi connectivity index (χ4v) is 1.36. The molecule has 0 saturated carbocycles. The van der Waals surface area contributed by atoms with Crippen LogP contribution in [0.5, 0.6) is 0 Å². The van der Waals surface area contributed by atoms with Crippen molar-refractivity contribution >= 4 is 18.8 Å². The summed E-state index contributed by atoms with van der Waals surface area (Å²) in [6.07, 6.45) is 0. The van der Waals surface area contributed by atoms with Crippen molar-refractivity contribution in [1.29, 1.82) is 0 Å². The van der Waals surface area contributed by atoms with Crippen LogP contribution in [-0.2, 0) is 4.57 Å². The minimum Gasteiger partial charge on any atom is -0.366 e. The summed E-state index contributed by atoms with van der Waals surface area (Å²) in [5, 5.41) is -0.127. The number of carbonyl (C=O) groups is 1. The summed E-state index contributed by atoms with van der Waals surface area (Å²) in [5.74, 6) is -0.628. The first kappa shape index (κ1) is 9.92. The Morgan fingerprint density at radius 2 is 1.69 bits per heavy atom. The minimum absolute atomic E-state index is 0.127. The molecule has 0 bridgehead atoms. The minimum atomic E-state index is -4.22. The molecule has 70 valence electrons. The predicted molar refractivity (Wildman–Crippen MR) is 46.6 cm³/mol. The predicted octanol–water partition coefficient (Wildman–Crippen LogP) is -0.411. The first-order valence-electron chi connectivity index (χ1n) is 3.37. The van der Waals surface area contributed by atoms with Gasteiger partial charge >= 0.3 is 7.60 Å². The number of primary amides is 1. The lowest BCUT2D eigenvalue weighted by Gasteiger charge is -2.03. The van der Waals surface area contributed by atoms with Crippen molar-refractivity contribution in [3.63, 3.8) is 0 Å². The van der Waals surface area contributed by atoms with Crippen LogP contribution >= 0.6 is 7.60 Å². The molecule has 0 heterocycles. The number of rotatable bonds is 2. The molecule has 0 fully saturated rings. The van der Waals surface area contributed by atoms with E-state index in [0.29, 0.717) is 0 Å². The molecular formula is C7H8NO4P. The molecule has 0 aliphatic rings. The molecule has 0 unspecified atom stereocenters. The highest BCUT2D eigenvalue weighted by Crippen LogP contribution is 2.32. The smallest absolute Gasteiger partial charge is 0.356 e. The highest BCUT2D eigenvalue weighted by Gasteiger charge is 2.16. The Morgan fingerprint density at radius 1 is 1.23 bits per heavy atom. The van der Waals surface area contributed by atoms with Crippen molar-refractivity contribution in [3.05, 3.63) is 29.8 Å². The largest absolute Gasteiger partial charge is 0.366 e. The maximum Gasteiger partial charge on any atom is 0.356 e. The van der Waals surface area contributed by atoms with Crippen LogP contribution < -0.4 is 11.0 Å². The Morgan fingerprint density at radius 3 is 2.00 bits per heavy atom. The lowest BCUT2D eigenvalue weighted by Crippen LogP contribution is -2.12. The molecule has 0 radical (unpaired) electrons. The van der Waals surface area contributed by atoms with E-state index in [1.165, 1.54) is 24.3 Å². The van der Waals surface area contributed by atoms with Gasteiger partial charge in [-0.3, -0.25) is 9.36 Å². The molecule has 0 aliphatic carbocycles. The standard InChI is InChI=1S/C7H8NO4P/c8-7(9)5-1-3-6(4-2-5)13(10,11)12/h1-4H,(H2,8,9)(H2,10,11,12). The summed E-state index contributed by atoms with van der Waals surface area (Å²) in [4.78, 5) is 28.0. The zero-order chi connectivity index (χ0) is 10.1. The fraction of sp³-hybridized carbons (Fsp3) is 0. The lowest BCUT2D eigenvalue weighted by molar-refractivity contribution is 0.1000. The van der Waals surface area contributed by atoms with E-state index in [0.717, 1.165) is 0 Å². The topological polar surface area (TPSA) is 101 Å². The van der Waals surface area contributed by atoms with Crippen molar-refractivity contribution < 1.29 is 19.1 Å². The van der Waals surface area contributed by atoms with Gasteiger partial charge in [-0.1, -0.05) is 0 Å². The average molecular weight is 201 g/mol. The Labute approximate surface area is 74.3 Å². The fourth-order valence-electron chi connectivity index (χ4n) is 0.820. The van der Waals surface area contributed by atoms with Crippen LogP contribution in [0.2, 0.25) is 0 Å². The SMILES string of the molecule is NC(=O)c1ccc(P(=O)(O)O)cc1. The maximum absolute atomic E-state index is 10.7. The van der Waals surface area contributed by atoms with Crippen LogP contribution in [0, 0.1) is 0 Å². The molecule has 1 rings (SSSR count). The zero-order valence-corrected chi connectivity index (χ0v) is 7.44. The summed E-state index contributed by atoms with van der Waals surface area (Å²) in [6.45, 7) is 0. The Hall–Kier alpha value is -1.16. The summed E-state index contributed by atoms with van der Waals surface area (Å²) in [5.41, 5.74) is 5.16. The van der Waals surface area contributed by atoms with Gasteiger partial charge < -0.3 is 15.5 Å². The van der Waals surface area contributed by atoms with Crippen LogP contribution in [0.1, 0.15) is 10.4 Å². The summed E-state index contributed by atoms with van der Waals surface area (Å²) >= 11 is 0. The van der Waals surface area contributed by atoms with Gasteiger partial charge in [-0.15, -0.1) is 0 Å². The van der Waals surface area contributed by atoms with Gasteiger partial charge in [0.05, 0.1) is 5.30 Å². The third-order valence-electron chi connectivity index (χ3n) is 1.49. The number of amides is 1. The van der Waals surface area contributed by atoms with E-state index in [2.05, 4.69) is 0 Å². The zero-order valence-electron chi connectivity index (χ0n) is 6.54. The average Bonchev–Trinajstić information content (AvgIpc) is 2.03. The molecule has 13 heavy (non-hydrogen) atoms. The molecular weight excluding hydrogens is 193 g/mol. The maximum atomic E-state index is 10.7. The molecule has 5 nitrogen and oxygen atoms in total. The second-order valence-corrected chi connectivity index (χ2v) is 4.06. The summed E-state index contributed by atoms with van der Waals surface area (Å²) in [6, 6.07) is 4.91. The Kier molecular flexibility index (Phi) is 2.52. The Bertz CT molecular complexity index is 367. The van der Waals surface area contributed by atoms with E-state index in [1.807, 2.05) is 0 Å². The van der Waals surface area contributed by atoms with Gasteiger partial charge in [0.25, 0.3) is 0 Å². The van der Waals surface area contributed by atoms with Crippen molar-refractivity contribution in [3.8, 4) is 0 Å². The summed E-state index contributed by atoms with van der Waals surface area (Å²) < 4.78 is 10.7. The van der Waals surface area contributed by atoms with E-state index in [1.54, 1.807) is 0 Å².